The van der Waals surface area contributed by atoms with Crippen molar-refractivity contribution in [2.24, 2.45) is 0 Å². The second-order valence-electron chi connectivity index (χ2n) is 7.08. The van der Waals surface area contributed by atoms with E-state index in [1.54, 1.807) is 42.5 Å². The maximum atomic E-state index is 12.3. The van der Waals surface area contributed by atoms with Gasteiger partial charge in [0.15, 0.2) is 0 Å². The highest BCUT2D eigenvalue weighted by Gasteiger charge is 2.23. The number of rotatable bonds is 5. The molecule has 5 N–H and O–H groups in total. The van der Waals surface area contributed by atoms with Crippen molar-refractivity contribution in [2.45, 2.75) is 0 Å². The number of benzene rings is 3. The third-order valence-corrected chi connectivity index (χ3v) is 4.99. The predicted octanol–water partition coefficient (Wildman–Crippen LogP) is 4.54. The van der Waals surface area contributed by atoms with Crippen LogP contribution >= 0.6 is 0 Å². The Morgan fingerprint density at radius 1 is 1.00 bits per heavy atom. The number of nitrogens with two attached hydrogens (primary N) is 1. The van der Waals surface area contributed by atoms with Crippen LogP contribution in [0.4, 0.5) is 11.4 Å². The van der Waals surface area contributed by atoms with E-state index >= 15 is 0 Å². The van der Waals surface area contributed by atoms with Crippen molar-refractivity contribution in [3.8, 4) is 0 Å². The lowest BCUT2D eigenvalue weighted by atomic mass is 10.0. The molecule has 0 unspecified atom stereocenters. The van der Waals surface area contributed by atoms with Gasteiger partial charge < -0.3 is 21.6 Å². The molecule has 0 atom stereocenters. The number of carbonyl (C=O) groups excluding carboxylic acids is 1. The minimum atomic E-state index is -0.982. The number of hydrogen-bond acceptors (Lipinski definition) is 4. The number of nitrogens with one attached hydrogen (secondary N) is 2. The van der Waals surface area contributed by atoms with Gasteiger partial charge in [-0.1, -0.05) is 48.5 Å². The van der Waals surface area contributed by atoms with Crippen molar-refractivity contribution in [1.82, 2.24) is 0 Å². The third-order valence-electron chi connectivity index (χ3n) is 4.99. The molecular formula is C25H19N3O3. The fraction of sp³-hybridized carbons (Fsp3) is 0. The van der Waals surface area contributed by atoms with Crippen molar-refractivity contribution in [3.63, 3.8) is 0 Å². The molecule has 0 saturated carbocycles. The van der Waals surface area contributed by atoms with Gasteiger partial charge in [-0.25, -0.2) is 4.79 Å². The summed E-state index contributed by atoms with van der Waals surface area (Å²) in [5.74, 6) is -1.14. The van der Waals surface area contributed by atoms with Crippen LogP contribution in [-0.4, -0.2) is 22.7 Å². The zero-order valence-corrected chi connectivity index (χ0v) is 16.4. The molecule has 6 heteroatoms. The maximum Gasteiger partial charge on any atom is 0.335 e. The summed E-state index contributed by atoms with van der Waals surface area (Å²) in [6.07, 6.45) is 5.12. The van der Waals surface area contributed by atoms with E-state index in [0.717, 1.165) is 22.4 Å². The molecule has 6 nitrogen and oxygen atoms in total. The van der Waals surface area contributed by atoms with Gasteiger partial charge in [-0.05, 0) is 47.5 Å². The number of carbonyl (C=O) groups is 2. The summed E-state index contributed by atoms with van der Waals surface area (Å²) < 4.78 is 0. The van der Waals surface area contributed by atoms with Gasteiger partial charge in [0.2, 0.25) is 0 Å². The molecule has 152 valence electrons. The molecule has 0 spiro atoms. The van der Waals surface area contributed by atoms with Crippen LogP contribution in [0.1, 0.15) is 32.6 Å². The molecule has 3 aromatic rings. The van der Waals surface area contributed by atoms with Crippen molar-refractivity contribution >= 4 is 46.7 Å². The van der Waals surface area contributed by atoms with Gasteiger partial charge in [-0.3, -0.25) is 4.79 Å². The Morgan fingerprint density at radius 2 is 1.71 bits per heavy atom. The molecule has 0 saturated heterocycles. The van der Waals surface area contributed by atoms with Gasteiger partial charge in [0.25, 0.3) is 5.91 Å². The van der Waals surface area contributed by atoms with E-state index in [1.165, 1.54) is 12.1 Å². The summed E-state index contributed by atoms with van der Waals surface area (Å²) in [5.41, 5.74) is 11.4. The molecule has 1 amide bonds. The van der Waals surface area contributed by atoms with Crippen molar-refractivity contribution in [1.29, 1.82) is 5.41 Å². The largest absolute Gasteiger partial charge is 0.478 e. The number of aromatic carboxylic acids is 1. The Kier molecular flexibility index (Phi) is 5.20. The van der Waals surface area contributed by atoms with Crippen LogP contribution in [0.5, 0.6) is 0 Å². The monoisotopic (exact) mass is 409 g/mol. The van der Waals surface area contributed by atoms with Crippen LogP contribution in [0.15, 0.2) is 72.8 Å². The van der Waals surface area contributed by atoms with Crippen molar-refractivity contribution < 1.29 is 14.7 Å². The summed E-state index contributed by atoms with van der Waals surface area (Å²) in [6, 6.07) is 19.2. The van der Waals surface area contributed by atoms with Gasteiger partial charge in [0, 0.05) is 28.1 Å². The van der Waals surface area contributed by atoms with Gasteiger partial charge in [0.05, 0.1) is 11.3 Å². The topological polar surface area (TPSA) is 116 Å². The van der Waals surface area contributed by atoms with Gasteiger partial charge in [0.1, 0.15) is 0 Å². The molecule has 0 bridgehead atoms. The predicted molar refractivity (Wildman–Crippen MR) is 123 cm³/mol. The SMILES string of the molecule is N=C(/C=C/c1ccc(C(=O)O)cc1)c1ccc(/C=C2/C(=O)Nc3ccccc32)cc1N. The molecule has 0 aliphatic carbocycles. The normalized spacial score (nSPS) is 13.9. The fourth-order valence-electron chi connectivity index (χ4n) is 3.37. The quantitative estimate of drug-likeness (QED) is 0.281. The van der Waals surface area contributed by atoms with E-state index in [1.807, 2.05) is 30.3 Å². The summed E-state index contributed by atoms with van der Waals surface area (Å²) in [4.78, 5) is 23.2. The van der Waals surface area contributed by atoms with Crippen LogP contribution < -0.4 is 11.1 Å². The highest BCUT2D eigenvalue weighted by molar-refractivity contribution is 6.35. The first-order valence-corrected chi connectivity index (χ1v) is 9.55. The summed E-state index contributed by atoms with van der Waals surface area (Å²) in [5, 5.41) is 20.1. The second-order valence-corrected chi connectivity index (χ2v) is 7.08. The lowest BCUT2D eigenvalue weighted by Gasteiger charge is -2.06. The first-order valence-electron chi connectivity index (χ1n) is 9.55. The van der Waals surface area contributed by atoms with E-state index in [4.69, 9.17) is 16.2 Å². The number of nitrogen functional groups attached to an aromatic ring is 1. The molecule has 1 aliphatic rings. The molecular weight excluding hydrogens is 390 g/mol. The fourth-order valence-corrected chi connectivity index (χ4v) is 3.37. The van der Waals surface area contributed by atoms with E-state index in [2.05, 4.69) is 5.32 Å². The number of allylic oxidation sites excluding steroid dienone is 1. The average Bonchev–Trinajstić information content (AvgIpc) is 3.07. The Bertz CT molecular complexity index is 1270. The second kappa shape index (κ2) is 8.12. The van der Waals surface area contributed by atoms with E-state index in [9.17, 15) is 9.59 Å². The lowest BCUT2D eigenvalue weighted by molar-refractivity contribution is -0.110. The molecule has 4 rings (SSSR count). The smallest absolute Gasteiger partial charge is 0.335 e. The van der Waals surface area contributed by atoms with E-state index in [0.29, 0.717) is 16.8 Å². The number of fused-ring (bicyclic) bond motifs is 1. The lowest BCUT2D eigenvalue weighted by Crippen LogP contribution is -2.04. The Morgan fingerprint density at radius 3 is 2.42 bits per heavy atom. The molecule has 31 heavy (non-hydrogen) atoms. The van der Waals surface area contributed by atoms with Gasteiger partial charge in [-0.2, -0.15) is 0 Å². The zero-order chi connectivity index (χ0) is 22.0. The van der Waals surface area contributed by atoms with Gasteiger partial charge >= 0.3 is 5.97 Å². The first kappa shape index (κ1) is 19.8. The standard InChI is InChI=1S/C25H19N3O3/c26-21(12-8-15-5-9-17(10-6-15)25(30)31)19-11-7-16(14-22(19)27)13-20-18-3-1-2-4-23(18)28-24(20)29/h1-14,26H,27H2,(H,28,29)(H,30,31)/b12-8+,20-13+,26-21?. The van der Waals surface area contributed by atoms with Crippen molar-refractivity contribution in [2.75, 3.05) is 11.1 Å². The number of hydrogen-bond donors (Lipinski definition) is 4. The van der Waals surface area contributed by atoms with E-state index in [-0.39, 0.29) is 17.2 Å². The Hall–Kier alpha value is -4.45. The molecule has 1 heterocycles. The van der Waals surface area contributed by atoms with Crippen molar-refractivity contribution in [3.05, 3.63) is 101 Å². The van der Waals surface area contributed by atoms with Gasteiger partial charge in [-0.15, -0.1) is 0 Å². The van der Waals surface area contributed by atoms with Crippen LogP contribution in [0, 0.1) is 5.41 Å². The molecule has 0 aromatic heterocycles. The number of para-hydroxylation sites is 1. The Balaban J connectivity index is 1.54. The number of carboxylic acid groups (broad SMARTS) is 1. The highest BCUT2D eigenvalue weighted by atomic mass is 16.4. The van der Waals surface area contributed by atoms with E-state index < -0.39 is 5.97 Å². The minimum absolute atomic E-state index is 0.159. The molecule has 0 radical (unpaired) electrons. The van der Waals surface area contributed by atoms with Crippen LogP contribution in [-0.2, 0) is 4.79 Å². The number of amides is 1. The number of anilines is 2. The Labute approximate surface area is 178 Å². The first-order chi connectivity index (χ1) is 14.9. The molecule has 1 aliphatic heterocycles. The summed E-state index contributed by atoms with van der Waals surface area (Å²) in [6.45, 7) is 0. The molecule has 3 aromatic carbocycles. The summed E-state index contributed by atoms with van der Waals surface area (Å²) >= 11 is 0. The average molecular weight is 409 g/mol. The van der Waals surface area contributed by atoms with Crippen LogP contribution in [0.2, 0.25) is 0 Å². The maximum absolute atomic E-state index is 12.3. The third kappa shape index (κ3) is 4.13. The highest BCUT2D eigenvalue weighted by Crippen LogP contribution is 2.33. The number of carboxylic acids is 1. The minimum Gasteiger partial charge on any atom is -0.478 e. The van der Waals surface area contributed by atoms with Crippen LogP contribution in [0.25, 0.3) is 17.7 Å². The zero-order valence-electron chi connectivity index (χ0n) is 16.4. The van der Waals surface area contributed by atoms with Crippen LogP contribution in [0.3, 0.4) is 0 Å². The molecule has 0 fully saturated rings. The summed E-state index contributed by atoms with van der Waals surface area (Å²) in [7, 11) is 0.